The van der Waals surface area contributed by atoms with Crippen molar-refractivity contribution in [2.45, 2.75) is 33.6 Å². The fraction of sp³-hybridized carbons (Fsp3) is 0.538. The van der Waals surface area contributed by atoms with Crippen molar-refractivity contribution in [1.82, 2.24) is 4.90 Å². The smallest absolute Gasteiger partial charge is 0.0323 e. The molecule has 0 amide bonds. The summed E-state index contributed by atoms with van der Waals surface area (Å²) in [5.74, 6) is 0. The first-order chi connectivity index (χ1) is 6.65. The zero-order valence-corrected chi connectivity index (χ0v) is 10.2. The Morgan fingerprint density at radius 1 is 1.21 bits per heavy atom. The van der Waals surface area contributed by atoms with Crippen molar-refractivity contribution in [2.75, 3.05) is 14.1 Å². The van der Waals surface area contributed by atoms with E-state index in [0.717, 1.165) is 12.8 Å². The quantitative estimate of drug-likeness (QED) is 0.601. The van der Waals surface area contributed by atoms with Gasteiger partial charge in [-0.05, 0) is 31.4 Å². The number of hydrogen-bond donors (Lipinski definition) is 0. The van der Waals surface area contributed by atoms with Gasteiger partial charge in [0.2, 0.25) is 0 Å². The molecule has 0 heterocycles. The minimum Gasteiger partial charge on any atom is -0.378 e. The molecule has 0 rings (SSSR count). The summed E-state index contributed by atoms with van der Waals surface area (Å²) in [5, 5.41) is 0. The summed E-state index contributed by atoms with van der Waals surface area (Å²) in [4.78, 5) is 2.16. The van der Waals surface area contributed by atoms with Crippen molar-refractivity contribution in [3.05, 3.63) is 35.6 Å². The van der Waals surface area contributed by atoms with Gasteiger partial charge in [-0.3, -0.25) is 0 Å². The largest absolute Gasteiger partial charge is 0.378 e. The topological polar surface area (TPSA) is 3.24 Å². The second kappa shape index (κ2) is 7.43. The van der Waals surface area contributed by atoms with Gasteiger partial charge >= 0.3 is 0 Å². The van der Waals surface area contributed by atoms with E-state index in [4.69, 9.17) is 0 Å². The standard InChI is InChI=1S/C13H23N/c1-6-9-12(8-3)11-13(10-7-2)14(4)5/h6,9-11H,7-8H2,1-5H3/b9-6-,12-11-,13-10-. The number of likely N-dealkylation sites (N-methyl/N-ethyl adjacent to an activating group) is 1. The molecule has 0 aliphatic carbocycles. The van der Waals surface area contributed by atoms with Crippen LogP contribution in [0.1, 0.15) is 33.6 Å². The van der Waals surface area contributed by atoms with Gasteiger partial charge in [0, 0.05) is 19.8 Å². The van der Waals surface area contributed by atoms with Gasteiger partial charge in [-0.2, -0.15) is 0 Å². The Balaban J connectivity index is 4.76. The molecule has 0 aliphatic rings. The molecule has 1 nitrogen and oxygen atoms in total. The van der Waals surface area contributed by atoms with Crippen LogP contribution >= 0.6 is 0 Å². The highest BCUT2D eigenvalue weighted by Gasteiger charge is 1.96. The lowest BCUT2D eigenvalue weighted by molar-refractivity contribution is 0.526. The molecule has 0 aromatic carbocycles. The highest BCUT2D eigenvalue weighted by molar-refractivity contribution is 5.28. The van der Waals surface area contributed by atoms with Crippen LogP contribution in [0.5, 0.6) is 0 Å². The van der Waals surface area contributed by atoms with Gasteiger partial charge in [0.05, 0.1) is 0 Å². The maximum absolute atomic E-state index is 2.25. The highest BCUT2D eigenvalue weighted by Crippen LogP contribution is 2.10. The van der Waals surface area contributed by atoms with E-state index in [1.165, 1.54) is 11.3 Å². The molecule has 0 aromatic rings. The van der Waals surface area contributed by atoms with Crippen LogP contribution in [0.2, 0.25) is 0 Å². The van der Waals surface area contributed by atoms with Crippen molar-refractivity contribution in [3.8, 4) is 0 Å². The van der Waals surface area contributed by atoms with Gasteiger partial charge < -0.3 is 4.90 Å². The third kappa shape index (κ3) is 4.90. The lowest BCUT2D eigenvalue weighted by Gasteiger charge is -2.14. The first-order valence-electron chi connectivity index (χ1n) is 5.36. The lowest BCUT2D eigenvalue weighted by atomic mass is 10.1. The van der Waals surface area contributed by atoms with Crippen molar-refractivity contribution in [3.63, 3.8) is 0 Å². The third-order valence-electron chi connectivity index (χ3n) is 2.05. The highest BCUT2D eigenvalue weighted by atomic mass is 15.1. The molecule has 0 radical (unpaired) electrons. The van der Waals surface area contributed by atoms with Gasteiger partial charge in [-0.15, -0.1) is 0 Å². The number of hydrogen-bond acceptors (Lipinski definition) is 1. The zero-order valence-electron chi connectivity index (χ0n) is 10.2. The molecular formula is C13H23N. The Hall–Kier alpha value is -0.980. The summed E-state index contributed by atoms with van der Waals surface area (Å²) in [5.41, 5.74) is 2.67. The van der Waals surface area contributed by atoms with Crippen molar-refractivity contribution in [2.24, 2.45) is 0 Å². The molecule has 80 valence electrons. The number of allylic oxidation sites excluding steroid dienone is 5. The average Bonchev–Trinajstić information content (AvgIpc) is 2.15. The van der Waals surface area contributed by atoms with Gasteiger partial charge in [0.15, 0.2) is 0 Å². The second-order valence-corrected chi connectivity index (χ2v) is 3.50. The molecular weight excluding hydrogens is 170 g/mol. The minimum atomic E-state index is 1.08. The van der Waals surface area contributed by atoms with E-state index < -0.39 is 0 Å². The predicted octanol–water partition coefficient (Wildman–Crippen LogP) is 3.75. The number of rotatable bonds is 5. The van der Waals surface area contributed by atoms with E-state index in [1.54, 1.807) is 0 Å². The Morgan fingerprint density at radius 3 is 2.21 bits per heavy atom. The molecule has 0 atom stereocenters. The molecule has 0 saturated carbocycles. The van der Waals surface area contributed by atoms with E-state index in [1.807, 2.05) is 0 Å². The first kappa shape index (κ1) is 13.0. The van der Waals surface area contributed by atoms with Crippen LogP contribution in [-0.4, -0.2) is 19.0 Å². The van der Waals surface area contributed by atoms with Crippen LogP contribution in [-0.2, 0) is 0 Å². The molecule has 0 unspecified atom stereocenters. The fourth-order valence-electron chi connectivity index (χ4n) is 1.25. The Kier molecular flexibility index (Phi) is 6.91. The van der Waals surface area contributed by atoms with E-state index in [0.29, 0.717) is 0 Å². The summed E-state index contributed by atoms with van der Waals surface area (Å²) >= 11 is 0. The van der Waals surface area contributed by atoms with Gasteiger partial charge in [-0.25, -0.2) is 0 Å². The average molecular weight is 193 g/mol. The van der Waals surface area contributed by atoms with Gasteiger partial charge in [-0.1, -0.05) is 32.1 Å². The Morgan fingerprint density at radius 2 is 1.86 bits per heavy atom. The van der Waals surface area contributed by atoms with Gasteiger partial charge in [0.25, 0.3) is 0 Å². The van der Waals surface area contributed by atoms with Crippen molar-refractivity contribution in [1.29, 1.82) is 0 Å². The lowest BCUT2D eigenvalue weighted by Crippen LogP contribution is -2.09. The molecule has 0 aromatic heterocycles. The van der Waals surface area contributed by atoms with Gasteiger partial charge in [0.1, 0.15) is 0 Å². The monoisotopic (exact) mass is 193 g/mol. The number of nitrogens with zero attached hydrogens (tertiary/aromatic N) is 1. The summed E-state index contributed by atoms with van der Waals surface area (Å²) in [6.45, 7) is 6.41. The van der Waals surface area contributed by atoms with E-state index >= 15 is 0 Å². The van der Waals surface area contributed by atoms with Crippen LogP contribution in [0.15, 0.2) is 35.6 Å². The van der Waals surface area contributed by atoms with Crippen molar-refractivity contribution >= 4 is 0 Å². The molecule has 1 heteroatoms. The third-order valence-corrected chi connectivity index (χ3v) is 2.05. The molecule has 14 heavy (non-hydrogen) atoms. The summed E-state index contributed by atoms with van der Waals surface area (Å²) < 4.78 is 0. The summed E-state index contributed by atoms with van der Waals surface area (Å²) in [7, 11) is 4.17. The molecule has 0 bridgehead atoms. The fourth-order valence-corrected chi connectivity index (χ4v) is 1.25. The predicted molar refractivity (Wildman–Crippen MR) is 65.2 cm³/mol. The van der Waals surface area contributed by atoms with Crippen LogP contribution in [0.25, 0.3) is 0 Å². The van der Waals surface area contributed by atoms with Crippen LogP contribution < -0.4 is 0 Å². The first-order valence-corrected chi connectivity index (χ1v) is 5.36. The van der Waals surface area contributed by atoms with Crippen LogP contribution in [0, 0.1) is 0 Å². The molecule has 0 aliphatic heterocycles. The summed E-state index contributed by atoms with van der Waals surface area (Å²) in [6, 6.07) is 0. The minimum absolute atomic E-state index is 1.08. The van der Waals surface area contributed by atoms with E-state index in [9.17, 15) is 0 Å². The zero-order chi connectivity index (χ0) is 11.0. The van der Waals surface area contributed by atoms with Crippen molar-refractivity contribution < 1.29 is 0 Å². The maximum Gasteiger partial charge on any atom is 0.0323 e. The van der Waals surface area contributed by atoms with Crippen LogP contribution in [0.4, 0.5) is 0 Å². The van der Waals surface area contributed by atoms with E-state index in [2.05, 4.69) is 64.1 Å². The molecule has 0 N–H and O–H groups in total. The molecule has 0 saturated heterocycles. The molecule has 0 fully saturated rings. The SMILES string of the molecule is C\C=C/C(=C\C(=C\CC)N(C)C)CC. The van der Waals surface area contributed by atoms with Crippen LogP contribution in [0.3, 0.4) is 0 Å². The Labute approximate surface area is 88.8 Å². The maximum atomic E-state index is 2.25. The normalized spacial score (nSPS) is 13.8. The summed E-state index contributed by atoms with van der Waals surface area (Å²) in [6.07, 6.45) is 10.9. The van der Waals surface area contributed by atoms with E-state index in [-0.39, 0.29) is 0 Å². The molecule has 0 spiro atoms. The second-order valence-electron chi connectivity index (χ2n) is 3.50. The Bertz CT molecular complexity index is 232.